The summed E-state index contributed by atoms with van der Waals surface area (Å²) in [7, 11) is 0. The van der Waals surface area contributed by atoms with Crippen LogP contribution in [0.3, 0.4) is 0 Å². The molecule has 0 aromatic heterocycles. The highest BCUT2D eigenvalue weighted by Crippen LogP contribution is 2.22. The van der Waals surface area contributed by atoms with E-state index in [0.29, 0.717) is 49.8 Å². The Bertz CT molecular complexity index is 2460. The molecule has 0 saturated carbocycles. The molecule has 0 unspecified atom stereocenters. The van der Waals surface area contributed by atoms with Gasteiger partial charge in [0.25, 0.3) is 0 Å². The predicted molar refractivity (Wildman–Crippen MR) is 292 cm³/mol. The smallest absolute Gasteiger partial charge is 0.326 e. The lowest BCUT2D eigenvalue weighted by atomic mass is 10.0. The lowest BCUT2D eigenvalue weighted by Crippen LogP contribution is -2.60. The van der Waals surface area contributed by atoms with E-state index in [0.717, 1.165) is 0 Å². The number of carbonyl (C=O) groups is 11. The highest BCUT2D eigenvalue weighted by atomic mass is 16.4. The summed E-state index contributed by atoms with van der Waals surface area (Å²) in [6, 6.07) is -0.980. The van der Waals surface area contributed by atoms with E-state index < -0.39 is 145 Å². The van der Waals surface area contributed by atoms with Crippen LogP contribution in [0.2, 0.25) is 0 Å². The monoisotopic (exact) mass is 1140 g/mol. The molecule has 81 heavy (non-hydrogen) atoms. The lowest BCUT2D eigenvalue weighted by Gasteiger charge is -2.31. The minimum Gasteiger partial charge on any atom is -0.508 e. The molecule has 0 aliphatic carbocycles. The molecule has 1 saturated heterocycles. The van der Waals surface area contributed by atoms with Crippen molar-refractivity contribution < 1.29 is 78.3 Å². The van der Waals surface area contributed by atoms with Crippen LogP contribution in [0.15, 0.2) is 48.5 Å². The molecule has 9 atom stereocenters. The third-order valence-electron chi connectivity index (χ3n) is 13.4. The number of benzene rings is 2. The Morgan fingerprint density at radius 1 is 0.531 bits per heavy atom. The van der Waals surface area contributed by atoms with Crippen LogP contribution in [-0.2, 0) is 65.6 Å². The molecule has 27 heteroatoms. The number of unbranched alkanes of at least 4 members (excludes halogenated alkanes) is 2. The third-order valence-corrected chi connectivity index (χ3v) is 13.4. The number of aliphatic carboxylic acids is 3. The SMILES string of the molecule is CC(C)C[C@H](NC(=O)[C@H](C)NC(=O)[C@H](CCC(=O)O)NC(=O)[C@H](CCC(=O)O)NC(=O)[C@H](Cc1ccc(O)cc1)NC(=O)[C@@H]1CCCN1C(=O)[C@H](CCCCN)NC(=O)[C@H](Cc1ccc(O)cc1)NC(=O)[C@@H](N)CCCCN)C(=O)O. The Labute approximate surface area is 469 Å². The number of rotatable bonds is 36. The van der Waals surface area contributed by atoms with Crippen LogP contribution in [0, 0.1) is 5.92 Å². The summed E-state index contributed by atoms with van der Waals surface area (Å²) >= 11 is 0. The number of phenolic OH excluding ortho intramolecular Hbond substituents is 2. The van der Waals surface area contributed by atoms with Gasteiger partial charge in [0.15, 0.2) is 0 Å². The van der Waals surface area contributed by atoms with Crippen molar-refractivity contribution in [1.29, 1.82) is 0 Å². The van der Waals surface area contributed by atoms with Crippen LogP contribution in [0.4, 0.5) is 0 Å². The van der Waals surface area contributed by atoms with Crippen LogP contribution in [0.1, 0.15) is 115 Å². The first-order chi connectivity index (χ1) is 38.3. The second-order valence-electron chi connectivity index (χ2n) is 20.5. The van der Waals surface area contributed by atoms with Crippen molar-refractivity contribution in [3.63, 3.8) is 0 Å². The molecule has 18 N–H and O–H groups in total. The van der Waals surface area contributed by atoms with Gasteiger partial charge in [0, 0.05) is 32.2 Å². The first-order valence-electron chi connectivity index (χ1n) is 27.1. The zero-order valence-electron chi connectivity index (χ0n) is 46.0. The van der Waals surface area contributed by atoms with Crippen LogP contribution in [0.25, 0.3) is 0 Å². The number of carboxylic acids is 3. The lowest BCUT2D eigenvalue weighted by molar-refractivity contribution is -0.143. The largest absolute Gasteiger partial charge is 0.508 e. The molecular formula is C54H81N11O16. The van der Waals surface area contributed by atoms with Gasteiger partial charge in [-0.25, -0.2) is 4.79 Å². The fourth-order valence-corrected chi connectivity index (χ4v) is 8.85. The van der Waals surface area contributed by atoms with Gasteiger partial charge < -0.3 is 84.9 Å². The summed E-state index contributed by atoms with van der Waals surface area (Å²) in [4.78, 5) is 148. The number of amides is 8. The van der Waals surface area contributed by atoms with Gasteiger partial charge in [-0.15, -0.1) is 0 Å². The second-order valence-corrected chi connectivity index (χ2v) is 20.5. The molecule has 1 aliphatic rings. The average Bonchev–Trinajstić information content (AvgIpc) is 3.98. The fraction of sp³-hybridized carbons (Fsp3) is 0.574. The van der Waals surface area contributed by atoms with Gasteiger partial charge in [-0.3, -0.25) is 47.9 Å². The number of nitrogens with two attached hydrogens (primary N) is 3. The number of phenols is 2. The number of hydrogen-bond donors (Lipinski definition) is 15. The highest BCUT2D eigenvalue weighted by Gasteiger charge is 2.40. The molecule has 1 heterocycles. The first kappa shape index (κ1) is 67.4. The molecule has 2 aromatic rings. The van der Waals surface area contributed by atoms with Gasteiger partial charge in [-0.2, -0.15) is 0 Å². The van der Waals surface area contributed by atoms with Crippen LogP contribution in [0.5, 0.6) is 11.5 Å². The van der Waals surface area contributed by atoms with E-state index in [-0.39, 0.29) is 69.0 Å². The molecule has 1 aliphatic heterocycles. The summed E-state index contributed by atoms with van der Waals surface area (Å²) in [5, 5.41) is 66.2. The zero-order valence-corrected chi connectivity index (χ0v) is 46.0. The summed E-state index contributed by atoms with van der Waals surface area (Å²) in [5.74, 6) is -11.5. The van der Waals surface area contributed by atoms with Crippen molar-refractivity contribution in [1.82, 2.24) is 42.1 Å². The van der Waals surface area contributed by atoms with Crippen molar-refractivity contribution in [3.05, 3.63) is 59.7 Å². The predicted octanol–water partition coefficient (Wildman–Crippen LogP) is -1.27. The van der Waals surface area contributed by atoms with Crippen molar-refractivity contribution in [2.24, 2.45) is 23.1 Å². The first-order valence-corrected chi connectivity index (χ1v) is 27.1. The Morgan fingerprint density at radius 3 is 1.43 bits per heavy atom. The molecule has 1 fully saturated rings. The maximum absolute atomic E-state index is 14.6. The molecule has 2 aromatic carbocycles. The van der Waals surface area contributed by atoms with E-state index in [1.807, 2.05) is 0 Å². The van der Waals surface area contributed by atoms with Crippen molar-refractivity contribution in [3.8, 4) is 11.5 Å². The van der Waals surface area contributed by atoms with E-state index in [2.05, 4.69) is 37.2 Å². The quantitative estimate of drug-likeness (QED) is 0.0354. The topological polar surface area (TPSA) is 454 Å². The molecule has 3 rings (SSSR count). The summed E-state index contributed by atoms with van der Waals surface area (Å²) < 4.78 is 0. The Balaban J connectivity index is 1.93. The number of aromatic hydroxyl groups is 2. The van der Waals surface area contributed by atoms with Gasteiger partial charge in [0.05, 0.1) is 6.04 Å². The molecule has 27 nitrogen and oxygen atoms in total. The molecule has 0 radical (unpaired) electrons. The standard InChI is InChI=1S/C54H81N11O16/c1-30(2)27-42(54(80)81)64-46(72)31(3)58-48(74)37(20-22-44(68)69)59-49(75)38(21-23-45(70)71)60-50(76)41(29-33-14-18-35(67)19-15-33)63-52(78)43-11-8-26-65(43)53(79)39(10-5-7-25-56)61-51(77)40(28-32-12-16-34(66)17-13-32)62-47(73)36(57)9-4-6-24-55/h12-19,30-31,36-43,66-67H,4-11,20-29,55-57H2,1-3H3,(H,58,74)(H,59,75)(H,60,76)(H,61,77)(H,62,73)(H,63,78)(H,64,72)(H,68,69)(H,70,71)(H,80,81)/t31-,36-,37-,38-,39-,40-,41-,42-,43-/m0/s1. The fourth-order valence-electron chi connectivity index (χ4n) is 8.85. The molecule has 448 valence electrons. The van der Waals surface area contributed by atoms with E-state index in [9.17, 15) is 78.3 Å². The third kappa shape index (κ3) is 23.8. The summed E-state index contributed by atoms with van der Waals surface area (Å²) in [6.07, 6.45) is -0.103. The van der Waals surface area contributed by atoms with Crippen LogP contribution >= 0.6 is 0 Å². The number of hydrogen-bond acceptors (Lipinski definition) is 16. The van der Waals surface area contributed by atoms with Crippen LogP contribution < -0.4 is 54.4 Å². The van der Waals surface area contributed by atoms with Crippen molar-refractivity contribution >= 4 is 65.2 Å². The summed E-state index contributed by atoms with van der Waals surface area (Å²) in [6.45, 7) is 5.38. The Hall–Kier alpha value is -7.91. The zero-order chi connectivity index (χ0) is 60.3. The van der Waals surface area contributed by atoms with Gasteiger partial charge in [0.2, 0.25) is 47.3 Å². The van der Waals surface area contributed by atoms with E-state index in [1.165, 1.54) is 48.2 Å². The van der Waals surface area contributed by atoms with Gasteiger partial charge in [0.1, 0.15) is 59.8 Å². The number of nitrogens with one attached hydrogen (secondary N) is 7. The molecular weight excluding hydrogens is 1060 g/mol. The summed E-state index contributed by atoms with van der Waals surface area (Å²) in [5.41, 5.74) is 18.5. The van der Waals surface area contributed by atoms with E-state index >= 15 is 0 Å². The maximum Gasteiger partial charge on any atom is 0.326 e. The maximum atomic E-state index is 14.6. The minimum absolute atomic E-state index is 0.0344. The van der Waals surface area contributed by atoms with Gasteiger partial charge in [-0.05, 0) is 126 Å². The van der Waals surface area contributed by atoms with Crippen molar-refractivity contribution in [2.45, 2.75) is 171 Å². The van der Waals surface area contributed by atoms with E-state index in [4.69, 9.17) is 17.2 Å². The molecule has 8 amide bonds. The number of nitrogens with zero attached hydrogens (tertiary/aromatic N) is 1. The Morgan fingerprint density at radius 2 is 0.963 bits per heavy atom. The van der Waals surface area contributed by atoms with E-state index in [1.54, 1.807) is 26.0 Å². The van der Waals surface area contributed by atoms with Gasteiger partial charge >= 0.3 is 17.9 Å². The number of carboxylic acid groups (broad SMARTS) is 3. The van der Waals surface area contributed by atoms with Crippen LogP contribution in [-0.4, -0.2) is 170 Å². The second kappa shape index (κ2) is 34.3. The molecule has 0 bridgehead atoms. The van der Waals surface area contributed by atoms with Gasteiger partial charge in [-0.1, -0.05) is 44.5 Å². The Kier molecular flexibility index (Phi) is 28.5. The molecule has 0 spiro atoms. The number of likely N-dealkylation sites (tertiary alicyclic amines) is 1. The normalized spacial score (nSPS) is 16.0. The van der Waals surface area contributed by atoms with Crippen molar-refractivity contribution in [2.75, 3.05) is 19.6 Å². The number of carbonyl (C=O) groups excluding carboxylic acids is 8. The highest BCUT2D eigenvalue weighted by molar-refractivity contribution is 5.98. The minimum atomic E-state index is -1.75. The average molecular weight is 1140 g/mol.